The van der Waals surface area contributed by atoms with Crippen molar-refractivity contribution >= 4 is 0 Å². The van der Waals surface area contributed by atoms with Crippen molar-refractivity contribution in [2.45, 2.75) is 37.9 Å². The Bertz CT molecular complexity index is 602. The predicted molar refractivity (Wildman–Crippen MR) is 95.3 cm³/mol. The molecule has 0 saturated carbocycles. The van der Waals surface area contributed by atoms with Crippen LogP contribution in [0.2, 0.25) is 0 Å². The molecular formula is C21H26N2. The molecule has 5 rings (SSSR count). The third-order valence-corrected chi connectivity index (χ3v) is 5.64. The van der Waals surface area contributed by atoms with Gasteiger partial charge in [0.2, 0.25) is 0 Å². The van der Waals surface area contributed by atoms with E-state index in [4.69, 9.17) is 0 Å². The topological polar surface area (TPSA) is 15.3 Å². The third kappa shape index (κ3) is 3.34. The molecule has 2 aromatic rings. The molecule has 3 heterocycles. The van der Waals surface area contributed by atoms with Crippen LogP contribution in [0.15, 0.2) is 60.7 Å². The van der Waals surface area contributed by atoms with Gasteiger partial charge in [0.05, 0.1) is 0 Å². The average molecular weight is 306 g/mol. The Labute approximate surface area is 139 Å². The minimum atomic E-state index is 0.623. The number of fused-ring (bicyclic) bond motifs is 3. The molecular weight excluding hydrogens is 280 g/mol. The van der Waals surface area contributed by atoms with E-state index in [1.807, 2.05) is 0 Å². The molecule has 0 amide bonds. The van der Waals surface area contributed by atoms with Gasteiger partial charge >= 0.3 is 0 Å². The number of rotatable bonds is 5. The summed E-state index contributed by atoms with van der Waals surface area (Å²) in [5.41, 5.74) is 2.86. The smallest absolute Gasteiger partial charge is 0.0292 e. The molecule has 2 nitrogen and oxygen atoms in total. The summed E-state index contributed by atoms with van der Waals surface area (Å²) in [7, 11) is 0. The van der Waals surface area contributed by atoms with Gasteiger partial charge in [-0.05, 0) is 49.4 Å². The summed E-state index contributed by atoms with van der Waals surface area (Å²) in [5.74, 6) is 0.845. The number of nitrogens with one attached hydrogen (secondary N) is 1. The second-order valence-electron chi connectivity index (χ2n) is 7.02. The zero-order valence-corrected chi connectivity index (χ0v) is 13.7. The van der Waals surface area contributed by atoms with E-state index in [1.54, 1.807) is 0 Å². The summed E-state index contributed by atoms with van der Waals surface area (Å²) in [6, 6.07) is 23.1. The van der Waals surface area contributed by atoms with Gasteiger partial charge in [0.25, 0.3) is 0 Å². The van der Waals surface area contributed by atoms with Crippen LogP contribution in [-0.4, -0.2) is 30.1 Å². The van der Waals surface area contributed by atoms with Crippen molar-refractivity contribution in [3.05, 3.63) is 71.8 Å². The van der Waals surface area contributed by atoms with Crippen LogP contribution in [0.5, 0.6) is 0 Å². The summed E-state index contributed by atoms with van der Waals surface area (Å²) >= 11 is 0. The molecule has 2 heteroatoms. The Balaban J connectivity index is 1.48. The number of hydrogen-bond acceptors (Lipinski definition) is 2. The van der Waals surface area contributed by atoms with Gasteiger partial charge in [0.15, 0.2) is 0 Å². The molecule has 0 radical (unpaired) electrons. The lowest BCUT2D eigenvalue weighted by molar-refractivity contribution is 0.0127. The summed E-state index contributed by atoms with van der Waals surface area (Å²) < 4.78 is 0. The van der Waals surface area contributed by atoms with Gasteiger partial charge < -0.3 is 5.32 Å². The molecule has 2 atom stereocenters. The molecule has 0 aliphatic carbocycles. The normalized spacial score (nSPS) is 29.6. The molecule has 3 aliphatic heterocycles. The highest BCUT2D eigenvalue weighted by molar-refractivity contribution is 5.19. The average Bonchev–Trinajstić information content (AvgIpc) is 2.63. The molecule has 2 aromatic carbocycles. The van der Waals surface area contributed by atoms with Crippen LogP contribution >= 0.6 is 0 Å². The molecule has 2 unspecified atom stereocenters. The quantitative estimate of drug-likeness (QED) is 0.910. The standard InChI is InChI=1S/C21H26N2/c1-3-7-17(8-4-1)15-20-21(19-11-13-23(20)14-12-19)22-16-18-9-5-2-6-10-18/h1-10,19-22H,11-16H2. The van der Waals surface area contributed by atoms with E-state index in [0.29, 0.717) is 12.1 Å². The molecule has 0 spiro atoms. The Hall–Kier alpha value is -1.64. The fourth-order valence-corrected chi connectivity index (χ4v) is 4.40. The Morgan fingerprint density at radius 2 is 1.43 bits per heavy atom. The Morgan fingerprint density at radius 3 is 2.09 bits per heavy atom. The third-order valence-electron chi connectivity index (χ3n) is 5.64. The van der Waals surface area contributed by atoms with Crippen LogP contribution in [0, 0.1) is 5.92 Å². The van der Waals surface area contributed by atoms with Gasteiger partial charge in [0, 0.05) is 18.6 Å². The first-order chi connectivity index (χ1) is 11.4. The lowest BCUT2D eigenvalue weighted by Crippen LogP contribution is -2.63. The summed E-state index contributed by atoms with van der Waals surface area (Å²) in [6.45, 7) is 3.55. The lowest BCUT2D eigenvalue weighted by Gasteiger charge is -2.51. The monoisotopic (exact) mass is 306 g/mol. The minimum absolute atomic E-state index is 0.623. The van der Waals surface area contributed by atoms with E-state index in [9.17, 15) is 0 Å². The van der Waals surface area contributed by atoms with Crippen molar-refractivity contribution in [3.8, 4) is 0 Å². The fraction of sp³-hybridized carbons (Fsp3) is 0.429. The number of nitrogens with zero attached hydrogens (tertiary/aromatic N) is 1. The van der Waals surface area contributed by atoms with Gasteiger partial charge in [-0.3, -0.25) is 4.90 Å². The molecule has 2 bridgehead atoms. The highest BCUT2D eigenvalue weighted by Gasteiger charge is 2.41. The minimum Gasteiger partial charge on any atom is -0.308 e. The highest BCUT2D eigenvalue weighted by Crippen LogP contribution is 2.34. The van der Waals surface area contributed by atoms with E-state index in [1.165, 1.54) is 43.5 Å². The van der Waals surface area contributed by atoms with Crippen LogP contribution in [0.25, 0.3) is 0 Å². The van der Waals surface area contributed by atoms with E-state index in [-0.39, 0.29) is 0 Å². The second kappa shape index (κ2) is 6.86. The first kappa shape index (κ1) is 14.9. The first-order valence-electron chi connectivity index (χ1n) is 8.95. The molecule has 3 saturated heterocycles. The van der Waals surface area contributed by atoms with E-state index in [0.717, 1.165) is 12.5 Å². The van der Waals surface area contributed by atoms with E-state index in [2.05, 4.69) is 70.9 Å². The molecule has 23 heavy (non-hydrogen) atoms. The second-order valence-corrected chi connectivity index (χ2v) is 7.02. The molecule has 3 fully saturated rings. The number of benzene rings is 2. The Morgan fingerprint density at radius 1 is 0.826 bits per heavy atom. The van der Waals surface area contributed by atoms with Gasteiger partial charge in [-0.2, -0.15) is 0 Å². The fourth-order valence-electron chi connectivity index (χ4n) is 4.40. The maximum absolute atomic E-state index is 3.90. The molecule has 120 valence electrons. The molecule has 3 aliphatic rings. The van der Waals surface area contributed by atoms with E-state index >= 15 is 0 Å². The first-order valence-corrected chi connectivity index (χ1v) is 8.95. The van der Waals surface area contributed by atoms with Crippen molar-refractivity contribution in [1.29, 1.82) is 0 Å². The SMILES string of the molecule is c1ccc(CNC2C3CCN(CC3)C2Cc2ccccc2)cc1. The van der Waals surface area contributed by atoms with Gasteiger partial charge in [-0.15, -0.1) is 0 Å². The van der Waals surface area contributed by atoms with Gasteiger partial charge in [-0.25, -0.2) is 0 Å². The number of hydrogen-bond donors (Lipinski definition) is 1. The van der Waals surface area contributed by atoms with Gasteiger partial charge in [-0.1, -0.05) is 60.7 Å². The maximum atomic E-state index is 3.90. The summed E-state index contributed by atoms with van der Waals surface area (Å²) in [4.78, 5) is 2.72. The zero-order valence-electron chi connectivity index (χ0n) is 13.7. The maximum Gasteiger partial charge on any atom is 0.0292 e. The lowest BCUT2D eigenvalue weighted by atomic mass is 9.76. The van der Waals surface area contributed by atoms with Gasteiger partial charge in [0.1, 0.15) is 0 Å². The molecule has 1 N–H and O–H groups in total. The van der Waals surface area contributed by atoms with Crippen LogP contribution in [0.3, 0.4) is 0 Å². The number of piperidine rings is 3. The predicted octanol–water partition coefficient (Wildman–Crippen LogP) is 3.48. The van der Waals surface area contributed by atoms with Crippen molar-refractivity contribution < 1.29 is 0 Å². The zero-order chi connectivity index (χ0) is 15.5. The van der Waals surface area contributed by atoms with Crippen molar-refractivity contribution in [1.82, 2.24) is 10.2 Å². The largest absolute Gasteiger partial charge is 0.308 e. The summed E-state index contributed by atoms with van der Waals surface area (Å²) in [6.07, 6.45) is 3.89. The van der Waals surface area contributed by atoms with Crippen molar-refractivity contribution in [2.24, 2.45) is 5.92 Å². The summed E-state index contributed by atoms with van der Waals surface area (Å²) in [5, 5.41) is 3.90. The van der Waals surface area contributed by atoms with E-state index < -0.39 is 0 Å². The highest BCUT2D eigenvalue weighted by atomic mass is 15.2. The van der Waals surface area contributed by atoms with Crippen LogP contribution in [0.1, 0.15) is 24.0 Å². The van der Waals surface area contributed by atoms with Crippen molar-refractivity contribution in [2.75, 3.05) is 13.1 Å². The molecule has 0 aromatic heterocycles. The Kier molecular flexibility index (Phi) is 4.45. The van der Waals surface area contributed by atoms with Crippen LogP contribution in [0.4, 0.5) is 0 Å². The van der Waals surface area contributed by atoms with Crippen LogP contribution in [-0.2, 0) is 13.0 Å². The van der Waals surface area contributed by atoms with Crippen molar-refractivity contribution in [3.63, 3.8) is 0 Å². The van der Waals surface area contributed by atoms with Crippen LogP contribution < -0.4 is 5.32 Å².